The van der Waals surface area contributed by atoms with Crippen LogP contribution in [-0.4, -0.2) is 31.3 Å². The summed E-state index contributed by atoms with van der Waals surface area (Å²) in [6.45, 7) is 3.72. The molecule has 1 saturated heterocycles. The van der Waals surface area contributed by atoms with E-state index in [1.165, 1.54) is 0 Å². The predicted octanol–water partition coefficient (Wildman–Crippen LogP) is 1.88. The molecule has 1 aromatic heterocycles. The molecule has 1 unspecified atom stereocenters. The van der Waals surface area contributed by atoms with Gasteiger partial charge in [-0.1, -0.05) is 0 Å². The van der Waals surface area contributed by atoms with E-state index < -0.39 is 0 Å². The molecule has 90 valence electrons. The Kier molecular flexibility index (Phi) is 3.60. The van der Waals surface area contributed by atoms with Crippen molar-refractivity contribution in [2.24, 2.45) is 0 Å². The summed E-state index contributed by atoms with van der Waals surface area (Å²) in [7, 11) is 1.74. The zero-order valence-corrected chi connectivity index (χ0v) is 10.3. The Morgan fingerprint density at radius 3 is 3.12 bits per heavy atom. The van der Waals surface area contributed by atoms with Crippen molar-refractivity contribution < 1.29 is 4.74 Å². The summed E-state index contributed by atoms with van der Waals surface area (Å²) >= 11 is 0. The molecule has 0 amide bonds. The Labute approximate surface area is 102 Å². The normalized spacial score (nSPS) is 20.1. The zero-order chi connectivity index (χ0) is 12.3. The van der Waals surface area contributed by atoms with E-state index in [9.17, 15) is 5.26 Å². The SMILES string of the molecule is COC1CCCN(c2nccc(C)c2C#N)C1. The molecule has 4 heteroatoms. The van der Waals surface area contributed by atoms with Crippen LogP contribution < -0.4 is 4.90 Å². The number of anilines is 1. The van der Waals surface area contributed by atoms with E-state index in [0.29, 0.717) is 5.56 Å². The highest BCUT2D eigenvalue weighted by atomic mass is 16.5. The smallest absolute Gasteiger partial charge is 0.146 e. The Balaban J connectivity index is 2.28. The van der Waals surface area contributed by atoms with Crippen molar-refractivity contribution in [2.45, 2.75) is 25.9 Å². The summed E-state index contributed by atoms with van der Waals surface area (Å²) in [5, 5.41) is 9.21. The van der Waals surface area contributed by atoms with Gasteiger partial charge in [-0.05, 0) is 31.4 Å². The Bertz CT molecular complexity index is 439. The average Bonchev–Trinajstić information content (AvgIpc) is 2.38. The third kappa shape index (κ3) is 2.40. The van der Waals surface area contributed by atoms with Crippen molar-refractivity contribution in [3.8, 4) is 6.07 Å². The van der Waals surface area contributed by atoms with Crippen LogP contribution in [0.1, 0.15) is 24.0 Å². The quantitative estimate of drug-likeness (QED) is 0.779. The van der Waals surface area contributed by atoms with Crippen LogP contribution >= 0.6 is 0 Å². The highest BCUT2D eigenvalue weighted by Crippen LogP contribution is 2.24. The third-order valence-corrected chi connectivity index (χ3v) is 3.26. The number of ether oxygens (including phenoxy) is 1. The number of hydrogen-bond donors (Lipinski definition) is 0. The highest BCUT2D eigenvalue weighted by molar-refractivity contribution is 5.57. The van der Waals surface area contributed by atoms with E-state index in [0.717, 1.165) is 37.3 Å². The number of aromatic nitrogens is 1. The number of hydrogen-bond acceptors (Lipinski definition) is 4. The van der Waals surface area contributed by atoms with Crippen LogP contribution in [0.15, 0.2) is 12.3 Å². The summed E-state index contributed by atoms with van der Waals surface area (Å²) in [5.74, 6) is 0.800. The Hall–Kier alpha value is -1.60. The summed E-state index contributed by atoms with van der Waals surface area (Å²) in [6, 6.07) is 4.12. The first-order valence-electron chi connectivity index (χ1n) is 5.89. The van der Waals surface area contributed by atoms with Gasteiger partial charge in [0.2, 0.25) is 0 Å². The van der Waals surface area contributed by atoms with Crippen molar-refractivity contribution in [1.82, 2.24) is 4.98 Å². The maximum atomic E-state index is 9.21. The van der Waals surface area contributed by atoms with Gasteiger partial charge in [0.25, 0.3) is 0 Å². The van der Waals surface area contributed by atoms with E-state index in [-0.39, 0.29) is 6.10 Å². The lowest BCUT2D eigenvalue weighted by Gasteiger charge is -2.33. The van der Waals surface area contributed by atoms with Crippen LogP contribution in [-0.2, 0) is 4.74 Å². The standard InChI is InChI=1S/C13H17N3O/c1-10-5-6-15-13(12(10)8-14)16-7-3-4-11(9-16)17-2/h5-6,11H,3-4,7,9H2,1-2H3. The van der Waals surface area contributed by atoms with Crippen LogP contribution in [0, 0.1) is 18.3 Å². The molecule has 4 nitrogen and oxygen atoms in total. The molecule has 0 N–H and O–H groups in total. The fraction of sp³-hybridized carbons (Fsp3) is 0.538. The van der Waals surface area contributed by atoms with Gasteiger partial charge in [0.1, 0.15) is 11.9 Å². The molecule has 0 bridgehead atoms. The summed E-state index contributed by atoms with van der Waals surface area (Å²) in [5.41, 5.74) is 1.67. The van der Waals surface area contributed by atoms with Crippen LogP contribution in [0.3, 0.4) is 0 Å². The lowest BCUT2D eigenvalue weighted by atomic mass is 10.1. The third-order valence-electron chi connectivity index (χ3n) is 3.26. The van der Waals surface area contributed by atoms with Crippen LogP contribution in [0.25, 0.3) is 0 Å². The van der Waals surface area contributed by atoms with E-state index >= 15 is 0 Å². The lowest BCUT2D eigenvalue weighted by Crippen LogP contribution is -2.40. The van der Waals surface area contributed by atoms with E-state index in [1.54, 1.807) is 13.3 Å². The minimum absolute atomic E-state index is 0.248. The first-order valence-corrected chi connectivity index (χ1v) is 5.89. The molecule has 0 aliphatic carbocycles. The number of aryl methyl sites for hydroxylation is 1. The summed E-state index contributed by atoms with van der Waals surface area (Å²) in [6.07, 6.45) is 4.18. The molecule has 0 spiro atoms. The molecule has 1 aliphatic heterocycles. The maximum absolute atomic E-state index is 9.21. The van der Waals surface area contributed by atoms with E-state index in [1.807, 2.05) is 13.0 Å². The molecule has 1 atom stereocenters. The van der Waals surface area contributed by atoms with Crippen LogP contribution in [0.2, 0.25) is 0 Å². The van der Waals surface area contributed by atoms with Gasteiger partial charge >= 0.3 is 0 Å². The minimum atomic E-state index is 0.248. The van der Waals surface area contributed by atoms with Crippen molar-refractivity contribution in [3.63, 3.8) is 0 Å². The van der Waals surface area contributed by atoms with Gasteiger partial charge < -0.3 is 9.64 Å². The molecule has 0 aromatic carbocycles. The molecular weight excluding hydrogens is 214 g/mol. The van der Waals surface area contributed by atoms with Gasteiger partial charge in [0.15, 0.2) is 0 Å². The molecule has 0 saturated carbocycles. The molecule has 1 fully saturated rings. The van der Waals surface area contributed by atoms with Crippen molar-refractivity contribution >= 4 is 5.82 Å². The monoisotopic (exact) mass is 231 g/mol. The van der Waals surface area contributed by atoms with Crippen molar-refractivity contribution in [3.05, 3.63) is 23.4 Å². The highest BCUT2D eigenvalue weighted by Gasteiger charge is 2.22. The molecule has 1 aliphatic rings. The average molecular weight is 231 g/mol. The predicted molar refractivity (Wildman–Crippen MR) is 65.9 cm³/mol. The topological polar surface area (TPSA) is 49.1 Å². The molecule has 1 aromatic rings. The Morgan fingerprint density at radius 2 is 2.41 bits per heavy atom. The Morgan fingerprint density at radius 1 is 1.59 bits per heavy atom. The van der Waals surface area contributed by atoms with Gasteiger partial charge in [-0.25, -0.2) is 4.98 Å². The van der Waals surface area contributed by atoms with Crippen LogP contribution in [0.4, 0.5) is 5.82 Å². The molecule has 2 heterocycles. The number of pyridine rings is 1. The van der Waals surface area contributed by atoms with Crippen molar-refractivity contribution in [2.75, 3.05) is 25.1 Å². The molecule has 2 rings (SSSR count). The maximum Gasteiger partial charge on any atom is 0.146 e. The number of piperidine rings is 1. The second-order valence-electron chi connectivity index (χ2n) is 4.38. The lowest BCUT2D eigenvalue weighted by molar-refractivity contribution is 0.0891. The number of nitrogens with zero attached hydrogens (tertiary/aromatic N) is 3. The minimum Gasteiger partial charge on any atom is -0.380 e. The van der Waals surface area contributed by atoms with Gasteiger partial charge in [-0.3, -0.25) is 0 Å². The molecular formula is C13H17N3O. The van der Waals surface area contributed by atoms with Crippen molar-refractivity contribution in [1.29, 1.82) is 5.26 Å². The number of nitriles is 1. The molecule has 17 heavy (non-hydrogen) atoms. The summed E-state index contributed by atoms with van der Waals surface area (Å²) in [4.78, 5) is 6.51. The van der Waals surface area contributed by atoms with Gasteiger partial charge in [0.05, 0.1) is 11.7 Å². The van der Waals surface area contributed by atoms with Gasteiger partial charge in [0, 0.05) is 26.4 Å². The second-order valence-corrected chi connectivity index (χ2v) is 4.38. The summed E-state index contributed by atoms with van der Waals surface area (Å²) < 4.78 is 5.39. The first-order chi connectivity index (χ1) is 8.26. The van der Waals surface area contributed by atoms with Gasteiger partial charge in [-0.2, -0.15) is 5.26 Å². The fourth-order valence-electron chi connectivity index (χ4n) is 2.24. The van der Waals surface area contributed by atoms with Crippen LogP contribution in [0.5, 0.6) is 0 Å². The van der Waals surface area contributed by atoms with E-state index in [2.05, 4.69) is 16.0 Å². The first kappa shape index (κ1) is 11.9. The largest absolute Gasteiger partial charge is 0.380 e. The fourth-order valence-corrected chi connectivity index (χ4v) is 2.24. The zero-order valence-electron chi connectivity index (χ0n) is 10.3. The number of rotatable bonds is 2. The molecule has 0 radical (unpaired) electrons. The number of methoxy groups -OCH3 is 1. The van der Waals surface area contributed by atoms with Gasteiger partial charge in [-0.15, -0.1) is 0 Å². The second kappa shape index (κ2) is 5.15. The van der Waals surface area contributed by atoms with E-state index in [4.69, 9.17) is 4.74 Å².